The maximum Gasteiger partial charge on any atom is 0.339 e. The second-order valence-electron chi connectivity index (χ2n) is 4.53. The van der Waals surface area contributed by atoms with Crippen molar-refractivity contribution in [3.05, 3.63) is 58.1 Å². The molecule has 5 nitrogen and oxygen atoms in total. The molecule has 2 aromatic carbocycles. The number of carbonyl (C=O) groups excluding carboxylic acids is 1. The van der Waals surface area contributed by atoms with Gasteiger partial charge in [-0.05, 0) is 58.2 Å². The van der Waals surface area contributed by atoms with E-state index in [1.54, 1.807) is 13.3 Å². The fourth-order valence-electron chi connectivity index (χ4n) is 1.79. The van der Waals surface area contributed by atoms with Crippen LogP contribution in [-0.2, 0) is 0 Å². The second kappa shape index (κ2) is 7.61. The minimum absolute atomic E-state index is 0.391. The molecule has 0 unspecified atom stereocenters. The van der Waals surface area contributed by atoms with E-state index in [9.17, 15) is 4.79 Å². The van der Waals surface area contributed by atoms with Gasteiger partial charge in [-0.1, -0.05) is 18.2 Å². The van der Waals surface area contributed by atoms with Crippen LogP contribution in [0, 0.1) is 6.92 Å². The molecule has 0 aliphatic rings. The average Bonchev–Trinajstić information content (AvgIpc) is 2.50. The molecular weight excluding hydrogens is 346 g/mol. The summed E-state index contributed by atoms with van der Waals surface area (Å²) in [7, 11) is 1.60. The molecule has 0 saturated carbocycles. The van der Waals surface area contributed by atoms with Crippen molar-refractivity contribution in [1.29, 1.82) is 0 Å². The van der Waals surface area contributed by atoms with Crippen LogP contribution in [0.3, 0.4) is 0 Å². The van der Waals surface area contributed by atoms with E-state index in [4.69, 9.17) is 4.74 Å². The van der Waals surface area contributed by atoms with Crippen molar-refractivity contribution >= 4 is 33.9 Å². The molecule has 2 rings (SSSR count). The van der Waals surface area contributed by atoms with Crippen LogP contribution in [0.5, 0.6) is 5.75 Å². The number of aryl methyl sites for hydroxylation is 1. The van der Waals surface area contributed by atoms with Gasteiger partial charge in [-0.3, -0.25) is 0 Å². The van der Waals surface area contributed by atoms with Crippen molar-refractivity contribution in [3.63, 3.8) is 0 Å². The fourth-order valence-corrected chi connectivity index (χ4v) is 2.35. The Morgan fingerprint density at radius 3 is 2.73 bits per heavy atom. The van der Waals surface area contributed by atoms with Gasteiger partial charge >= 0.3 is 6.03 Å². The minimum Gasteiger partial charge on any atom is -0.496 e. The number of halogens is 1. The van der Waals surface area contributed by atoms with Gasteiger partial charge in [-0.2, -0.15) is 5.10 Å². The van der Waals surface area contributed by atoms with Gasteiger partial charge in [0.1, 0.15) is 5.75 Å². The smallest absolute Gasteiger partial charge is 0.339 e. The van der Waals surface area contributed by atoms with Crippen LogP contribution in [0.25, 0.3) is 0 Å². The maximum absolute atomic E-state index is 11.8. The first-order chi connectivity index (χ1) is 10.6. The molecule has 0 aromatic heterocycles. The number of benzene rings is 2. The summed E-state index contributed by atoms with van der Waals surface area (Å²) in [6, 6.07) is 12.7. The molecule has 0 bridgehead atoms. The van der Waals surface area contributed by atoms with Gasteiger partial charge < -0.3 is 10.1 Å². The number of rotatable bonds is 4. The maximum atomic E-state index is 11.8. The third-order valence-corrected chi connectivity index (χ3v) is 3.57. The highest BCUT2D eigenvalue weighted by Gasteiger charge is 2.02. The minimum atomic E-state index is -0.391. The summed E-state index contributed by atoms with van der Waals surface area (Å²) in [5.41, 5.74) is 5.00. The molecule has 2 aromatic rings. The number of anilines is 1. The van der Waals surface area contributed by atoms with Crippen molar-refractivity contribution < 1.29 is 9.53 Å². The van der Waals surface area contributed by atoms with Crippen LogP contribution in [0.1, 0.15) is 11.1 Å². The summed E-state index contributed by atoms with van der Waals surface area (Å²) in [4.78, 5) is 11.8. The first-order valence-electron chi connectivity index (χ1n) is 6.59. The molecule has 0 aliphatic carbocycles. The number of hydrogen-bond acceptors (Lipinski definition) is 3. The highest BCUT2D eigenvalue weighted by atomic mass is 79.9. The molecule has 114 valence electrons. The number of methoxy groups -OCH3 is 1. The standard InChI is InChI=1S/C16H16BrN3O2/c1-11-5-3-4-6-14(11)19-16(21)20-18-10-12-7-8-15(22-2)13(17)9-12/h3-10H,1-2H3,(H2,19,20,21)/b18-10-. The summed E-state index contributed by atoms with van der Waals surface area (Å²) in [5.74, 6) is 0.738. The predicted molar refractivity (Wildman–Crippen MR) is 91.6 cm³/mol. The first-order valence-corrected chi connectivity index (χ1v) is 7.38. The highest BCUT2D eigenvalue weighted by Crippen LogP contribution is 2.24. The number of para-hydroxylation sites is 1. The summed E-state index contributed by atoms with van der Waals surface area (Å²) in [5, 5.41) is 6.65. The fraction of sp³-hybridized carbons (Fsp3) is 0.125. The molecule has 0 heterocycles. The molecule has 6 heteroatoms. The number of hydrogen-bond donors (Lipinski definition) is 2. The van der Waals surface area contributed by atoms with E-state index in [1.807, 2.05) is 49.4 Å². The SMILES string of the molecule is COc1ccc(/C=N\NC(=O)Nc2ccccc2C)cc1Br. The molecule has 0 aliphatic heterocycles. The Morgan fingerprint density at radius 1 is 1.27 bits per heavy atom. The topological polar surface area (TPSA) is 62.7 Å². The van der Waals surface area contributed by atoms with Gasteiger partial charge in [0.25, 0.3) is 0 Å². The number of nitrogens with one attached hydrogen (secondary N) is 2. The van der Waals surface area contributed by atoms with E-state index < -0.39 is 6.03 Å². The highest BCUT2D eigenvalue weighted by molar-refractivity contribution is 9.10. The van der Waals surface area contributed by atoms with Gasteiger partial charge in [-0.25, -0.2) is 10.2 Å². The lowest BCUT2D eigenvalue weighted by Gasteiger charge is -2.07. The predicted octanol–water partition coefficient (Wildman–Crippen LogP) is 3.92. The van der Waals surface area contributed by atoms with Crippen LogP contribution in [0.2, 0.25) is 0 Å². The lowest BCUT2D eigenvalue weighted by Crippen LogP contribution is -2.24. The Hall–Kier alpha value is -2.34. The van der Waals surface area contributed by atoms with E-state index in [1.165, 1.54) is 0 Å². The van der Waals surface area contributed by atoms with Crippen LogP contribution < -0.4 is 15.5 Å². The summed E-state index contributed by atoms with van der Waals surface area (Å²) >= 11 is 3.39. The van der Waals surface area contributed by atoms with Gasteiger partial charge in [0.05, 0.1) is 17.8 Å². The monoisotopic (exact) mass is 361 g/mol. The Balaban J connectivity index is 1.93. The van der Waals surface area contributed by atoms with Gasteiger partial charge in [-0.15, -0.1) is 0 Å². The third-order valence-electron chi connectivity index (χ3n) is 2.95. The molecule has 0 radical (unpaired) electrons. The lowest BCUT2D eigenvalue weighted by atomic mass is 10.2. The number of urea groups is 1. The van der Waals surface area contributed by atoms with Crippen LogP contribution >= 0.6 is 15.9 Å². The lowest BCUT2D eigenvalue weighted by molar-refractivity contribution is 0.252. The summed E-state index contributed by atoms with van der Waals surface area (Å²) in [6.45, 7) is 1.92. The third kappa shape index (κ3) is 4.33. The Bertz CT molecular complexity index is 702. The number of carbonyl (C=O) groups is 1. The van der Waals surface area contributed by atoms with Gasteiger partial charge in [0, 0.05) is 5.69 Å². The second-order valence-corrected chi connectivity index (χ2v) is 5.39. The number of nitrogens with zero attached hydrogens (tertiary/aromatic N) is 1. The zero-order chi connectivity index (χ0) is 15.9. The van der Waals surface area contributed by atoms with E-state index >= 15 is 0 Å². The van der Waals surface area contributed by atoms with E-state index in [0.29, 0.717) is 0 Å². The molecule has 2 amide bonds. The quantitative estimate of drug-likeness (QED) is 0.640. The molecule has 0 fully saturated rings. The summed E-state index contributed by atoms with van der Waals surface area (Å²) < 4.78 is 5.97. The molecule has 0 spiro atoms. The average molecular weight is 362 g/mol. The van der Waals surface area contributed by atoms with Crippen molar-refractivity contribution in [3.8, 4) is 5.75 Å². The van der Waals surface area contributed by atoms with Gasteiger partial charge in [0.2, 0.25) is 0 Å². The zero-order valence-corrected chi connectivity index (χ0v) is 13.8. The number of ether oxygens (including phenoxy) is 1. The van der Waals surface area contributed by atoms with E-state index in [2.05, 4.69) is 31.8 Å². The molecule has 0 atom stereocenters. The van der Waals surface area contributed by atoms with Gasteiger partial charge in [0.15, 0.2) is 0 Å². The van der Waals surface area contributed by atoms with E-state index in [0.717, 1.165) is 27.0 Å². The molecule has 22 heavy (non-hydrogen) atoms. The Kier molecular flexibility index (Phi) is 5.55. The van der Waals surface area contributed by atoms with Crippen molar-refractivity contribution in [1.82, 2.24) is 5.43 Å². The van der Waals surface area contributed by atoms with Crippen LogP contribution in [-0.4, -0.2) is 19.4 Å². The Labute approximate surface area is 137 Å². The van der Waals surface area contributed by atoms with Crippen molar-refractivity contribution in [2.75, 3.05) is 12.4 Å². The zero-order valence-electron chi connectivity index (χ0n) is 12.3. The van der Waals surface area contributed by atoms with Crippen molar-refractivity contribution in [2.45, 2.75) is 6.92 Å². The number of hydrazone groups is 1. The molecule has 2 N–H and O–H groups in total. The largest absolute Gasteiger partial charge is 0.496 e. The number of amides is 2. The first kappa shape index (κ1) is 16.0. The summed E-state index contributed by atoms with van der Waals surface area (Å²) in [6.07, 6.45) is 1.56. The normalized spacial score (nSPS) is 10.5. The Morgan fingerprint density at radius 2 is 2.05 bits per heavy atom. The molecular formula is C16H16BrN3O2. The van der Waals surface area contributed by atoms with Crippen LogP contribution in [0.4, 0.5) is 10.5 Å². The van der Waals surface area contributed by atoms with E-state index in [-0.39, 0.29) is 0 Å². The van der Waals surface area contributed by atoms with Crippen molar-refractivity contribution in [2.24, 2.45) is 5.10 Å². The van der Waals surface area contributed by atoms with Crippen LogP contribution in [0.15, 0.2) is 52.0 Å². The molecule has 0 saturated heterocycles.